The maximum absolute atomic E-state index is 12.2. The molecule has 2 amide bonds. The molecule has 5 nitrogen and oxygen atoms in total. The Labute approximate surface area is 191 Å². The first-order valence-electron chi connectivity index (χ1n) is 9.62. The van der Waals surface area contributed by atoms with E-state index in [9.17, 15) is 9.59 Å². The van der Waals surface area contributed by atoms with Crippen molar-refractivity contribution in [2.24, 2.45) is 5.10 Å². The number of benzene rings is 3. The number of anilines is 1. The van der Waals surface area contributed by atoms with Crippen LogP contribution in [0.25, 0.3) is 11.1 Å². The molecule has 0 atom stereocenters. The van der Waals surface area contributed by atoms with Gasteiger partial charge in [0.2, 0.25) is 11.8 Å². The van der Waals surface area contributed by atoms with Gasteiger partial charge in [0.25, 0.3) is 0 Å². The number of rotatable bonds is 7. The Balaban J connectivity index is 1.49. The van der Waals surface area contributed by atoms with Crippen LogP contribution in [-0.4, -0.2) is 17.5 Å². The van der Waals surface area contributed by atoms with E-state index in [0.29, 0.717) is 21.4 Å². The molecule has 31 heavy (non-hydrogen) atoms. The molecule has 0 spiro atoms. The van der Waals surface area contributed by atoms with Gasteiger partial charge in [-0.1, -0.05) is 77.8 Å². The van der Waals surface area contributed by atoms with Crippen molar-refractivity contribution in [1.29, 1.82) is 0 Å². The van der Waals surface area contributed by atoms with Crippen LogP contribution in [0.4, 0.5) is 5.69 Å². The summed E-state index contributed by atoms with van der Waals surface area (Å²) in [7, 11) is 0. The van der Waals surface area contributed by atoms with E-state index in [1.54, 1.807) is 25.1 Å². The van der Waals surface area contributed by atoms with Gasteiger partial charge < -0.3 is 5.32 Å². The molecule has 0 unspecified atom stereocenters. The SMILES string of the molecule is C/C(CC(=O)Nc1ccc(Cl)cc1Cl)=N\NC(=O)Cc1ccc(-c2ccccc2)cc1. The Morgan fingerprint density at radius 3 is 2.23 bits per heavy atom. The zero-order valence-corrected chi connectivity index (χ0v) is 18.4. The van der Waals surface area contributed by atoms with Crippen molar-refractivity contribution in [2.45, 2.75) is 19.8 Å². The van der Waals surface area contributed by atoms with Crippen LogP contribution < -0.4 is 10.7 Å². The normalized spacial score (nSPS) is 11.1. The Morgan fingerprint density at radius 1 is 0.871 bits per heavy atom. The van der Waals surface area contributed by atoms with Crippen LogP contribution in [0.3, 0.4) is 0 Å². The number of nitrogens with zero attached hydrogens (tertiary/aromatic N) is 1. The lowest BCUT2D eigenvalue weighted by Crippen LogP contribution is -2.22. The topological polar surface area (TPSA) is 70.6 Å². The zero-order valence-electron chi connectivity index (χ0n) is 16.9. The molecule has 0 aliphatic rings. The van der Waals surface area contributed by atoms with E-state index in [1.165, 1.54) is 0 Å². The Morgan fingerprint density at radius 2 is 1.55 bits per heavy atom. The van der Waals surface area contributed by atoms with Gasteiger partial charge in [-0.05, 0) is 41.8 Å². The summed E-state index contributed by atoms with van der Waals surface area (Å²) in [5.41, 5.74) is 6.51. The number of hydrogen-bond donors (Lipinski definition) is 2. The van der Waals surface area contributed by atoms with E-state index in [0.717, 1.165) is 16.7 Å². The summed E-state index contributed by atoms with van der Waals surface area (Å²) in [6, 6.07) is 22.6. The van der Waals surface area contributed by atoms with Gasteiger partial charge >= 0.3 is 0 Å². The predicted octanol–water partition coefficient (Wildman–Crippen LogP) is 5.72. The number of amides is 2. The molecule has 0 aliphatic heterocycles. The van der Waals surface area contributed by atoms with E-state index in [4.69, 9.17) is 23.2 Å². The molecule has 3 rings (SSSR count). The Hall–Kier alpha value is -3.15. The number of nitrogens with one attached hydrogen (secondary N) is 2. The van der Waals surface area contributed by atoms with Crippen molar-refractivity contribution in [3.05, 3.63) is 88.4 Å². The summed E-state index contributed by atoms with van der Waals surface area (Å²) in [5.74, 6) is -0.552. The van der Waals surface area contributed by atoms with Gasteiger partial charge in [-0.2, -0.15) is 5.10 Å². The highest BCUT2D eigenvalue weighted by atomic mass is 35.5. The quantitative estimate of drug-likeness (QED) is 0.354. The minimum atomic E-state index is -0.295. The average Bonchev–Trinajstić information content (AvgIpc) is 2.75. The van der Waals surface area contributed by atoms with E-state index < -0.39 is 0 Å². The molecule has 3 aromatic carbocycles. The highest BCUT2D eigenvalue weighted by Crippen LogP contribution is 2.25. The molecule has 0 bridgehead atoms. The monoisotopic (exact) mass is 453 g/mol. The first-order chi connectivity index (χ1) is 14.9. The first-order valence-corrected chi connectivity index (χ1v) is 10.4. The number of carbonyl (C=O) groups is 2. The third-order valence-corrected chi connectivity index (χ3v) is 4.97. The van der Waals surface area contributed by atoms with Crippen molar-refractivity contribution in [1.82, 2.24) is 5.43 Å². The molecule has 2 N–H and O–H groups in total. The second kappa shape index (κ2) is 10.8. The second-order valence-corrected chi connectivity index (χ2v) is 7.81. The molecular weight excluding hydrogens is 433 g/mol. The average molecular weight is 454 g/mol. The van der Waals surface area contributed by atoms with Gasteiger partial charge in [0.15, 0.2) is 0 Å². The summed E-state index contributed by atoms with van der Waals surface area (Å²) in [5, 5.41) is 7.53. The molecule has 0 aromatic heterocycles. The predicted molar refractivity (Wildman–Crippen MR) is 127 cm³/mol. The lowest BCUT2D eigenvalue weighted by Gasteiger charge is -2.08. The van der Waals surface area contributed by atoms with Crippen molar-refractivity contribution in [3.8, 4) is 11.1 Å². The molecule has 0 saturated carbocycles. The molecule has 0 saturated heterocycles. The van der Waals surface area contributed by atoms with Crippen LogP contribution in [-0.2, 0) is 16.0 Å². The molecule has 0 heterocycles. The van der Waals surface area contributed by atoms with Crippen LogP contribution in [0.15, 0.2) is 77.9 Å². The Kier molecular flexibility index (Phi) is 7.82. The van der Waals surface area contributed by atoms with Gasteiger partial charge in [0.1, 0.15) is 0 Å². The molecule has 3 aromatic rings. The number of hydrogen-bond acceptors (Lipinski definition) is 3. The number of halogens is 2. The van der Waals surface area contributed by atoms with Gasteiger partial charge in [0.05, 0.1) is 23.6 Å². The van der Waals surface area contributed by atoms with Crippen LogP contribution >= 0.6 is 23.2 Å². The maximum atomic E-state index is 12.2. The highest BCUT2D eigenvalue weighted by molar-refractivity contribution is 6.36. The summed E-state index contributed by atoms with van der Waals surface area (Å²) in [6.45, 7) is 1.66. The van der Waals surface area contributed by atoms with Crippen LogP contribution in [0.2, 0.25) is 10.0 Å². The standard InChI is InChI=1S/C24H21Cl2N3O2/c1-16(13-23(30)27-22-12-11-20(25)15-21(22)26)28-29-24(31)14-17-7-9-19(10-8-17)18-5-3-2-4-6-18/h2-12,15H,13-14H2,1H3,(H,27,30)(H,29,31)/b28-16+. The van der Waals surface area contributed by atoms with Crippen molar-refractivity contribution < 1.29 is 9.59 Å². The van der Waals surface area contributed by atoms with Crippen LogP contribution in [0.1, 0.15) is 18.9 Å². The minimum Gasteiger partial charge on any atom is -0.324 e. The van der Waals surface area contributed by atoms with Gasteiger partial charge in [-0.25, -0.2) is 5.43 Å². The van der Waals surface area contributed by atoms with Gasteiger partial charge in [-0.3, -0.25) is 9.59 Å². The minimum absolute atomic E-state index is 0.0189. The van der Waals surface area contributed by atoms with E-state index >= 15 is 0 Å². The van der Waals surface area contributed by atoms with Gasteiger partial charge in [-0.15, -0.1) is 0 Å². The van der Waals surface area contributed by atoms with E-state index in [1.807, 2.05) is 54.6 Å². The highest BCUT2D eigenvalue weighted by Gasteiger charge is 2.09. The molecule has 0 fully saturated rings. The van der Waals surface area contributed by atoms with Gasteiger partial charge in [0, 0.05) is 10.7 Å². The smallest absolute Gasteiger partial charge is 0.244 e. The van der Waals surface area contributed by atoms with Crippen molar-refractivity contribution in [2.75, 3.05) is 5.32 Å². The van der Waals surface area contributed by atoms with Crippen molar-refractivity contribution in [3.63, 3.8) is 0 Å². The summed E-state index contributed by atoms with van der Waals surface area (Å²) in [4.78, 5) is 24.3. The van der Waals surface area contributed by atoms with Crippen LogP contribution in [0, 0.1) is 0 Å². The summed E-state index contributed by atoms with van der Waals surface area (Å²) in [6.07, 6.45) is 0.212. The fraction of sp³-hybridized carbons (Fsp3) is 0.125. The Bertz CT molecular complexity index is 1100. The molecule has 7 heteroatoms. The van der Waals surface area contributed by atoms with E-state index in [2.05, 4.69) is 15.8 Å². The summed E-state index contributed by atoms with van der Waals surface area (Å²) >= 11 is 11.9. The van der Waals surface area contributed by atoms with E-state index in [-0.39, 0.29) is 24.7 Å². The fourth-order valence-electron chi connectivity index (χ4n) is 2.89. The second-order valence-electron chi connectivity index (χ2n) is 6.97. The largest absolute Gasteiger partial charge is 0.324 e. The zero-order chi connectivity index (χ0) is 22.2. The fourth-order valence-corrected chi connectivity index (χ4v) is 3.34. The molecule has 0 aliphatic carbocycles. The van der Waals surface area contributed by atoms with Crippen LogP contribution in [0.5, 0.6) is 0 Å². The first kappa shape index (κ1) is 22.5. The molecule has 0 radical (unpaired) electrons. The van der Waals surface area contributed by atoms with Crippen molar-refractivity contribution >= 4 is 46.4 Å². The molecule has 158 valence electrons. The maximum Gasteiger partial charge on any atom is 0.244 e. The summed E-state index contributed by atoms with van der Waals surface area (Å²) < 4.78 is 0. The number of carbonyl (C=O) groups excluding carboxylic acids is 2. The lowest BCUT2D eigenvalue weighted by atomic mass is 10.0. The molecular formula is C24H21Cl2N3O2. The third-order valence-electron chi connectivity index (χ3n) is 4.42. The lowest BCUT2D eigenvalue weighted by molar-refractivity contribution is -0.120. The third kappa shape index (κ3) is 6.95. The number of hydrazone groups is 1.